The number of anilines is 1. The molecule has 2 aromatic rings. The molecular formula is C22H20FNO5S. The lowest BCUT2D eigenvalue weighted by Crippen LogP contribution is -2.21. The van der Waals surface area contributed by atoms with Gasteiger partial charge in [0.15, 0.2) is 27.2 Å². The zero-order valence-corrected chi connectivity index (χ0v) is 17.3. The van der Waals surface area contributed by atoms with Crippen LogP contribution in [0.5, 0.6) is 0 Å². The van der Waals surface area contributed by atoms with Crippen molar-refractivity contribution in [2.24, 2.45) is 0 Å². The third-order valence-electron chi connectivity index (χ3n) is 4.79. The van der Waals surface area contributed by atoms with Gasteiger partial charge in [0, 0.05) is 37.4 Å². The average Bonchev–Trinajstić information content (AvgIpc) is 2.66. The molecule has 0 aromatic heterocycles. The summed E-state index contributed by atoms with van der Waals surface area (Å²) in [4.78, 5) is 37.1. The number of rotatable bonds is 7. The monoisotopic (exact) mass is 429 g/mol. The van der Waals surface area contributed by atoms with Gasteiger partial charge in [0.2, 0.25) is 0 Å². The second-order valence-corrected chi connectivity index (χ2v) is 9.36. The maximum atomic E-state index is 13.8. The van der Waals surface area contributed by atoms with E-state index < -0.39 is 33.0 Å². The molecule has 0 saturated heterocycles. The third kappa shape index (κ3) is 4.88. The summed E-state index contributed by atoms with van der Waals surface area (Å²) in [6, 6.07) is 8.60. The Bertz CT molecular complexity index is 1180. The van der Waals surface area contributed by atoms with Gasteiger partial charge in [-0.3, -0.25) is 14.4 Å². The Balaban J connectivity index is 1.80. The number of halogens is 1. The molecule has 0 fully saturated rings. The predicted octanol–water partition coefficient (Wildman–Crippen LogP) is 2.42. The lowest BCUT2D eigenvalue weighted by Gasteiger charge is -2.18. The van der Waals surface area contributed by atoms with Crippen molar-refractivity contribution in [1.29, 1.82) is 0 Å². The molecule has 0 atom stereocenters. The number of nitrogens with one attached hydrogen (secondary N) is 1. The molecule has 0 unspecified atom stereocenters. The summed E-state index contributed by atoms with van der Waals surface area (Å²) in [6.45, 7) is 0. The Labute approximate surface area is 173 Å². The van der Waals surface area contributed by atoms with Gasteiger partial charge in [0.1, 0.15) is 11.6 Å². The molecule has 0 heterocycles. The van der Waals surface area contributed by atoms with Gasteiger partial charge in [-0.05, 0) is 34.9 Å². The van der Waals surface area contributed by atoms with Gasteiger partial charge >= 0.3 is 0 Å². The molecule has 0 aliphatic heterocycles. The molecule has 0 bridgehead atoms. The highest BCUT2D eigenvalue weighted by Crippen LogP contribution is 2.30. The number of allylic oxidation sites excluding steroid dienone is 1. The number of ketones is 3. The van der Waals surface area contributed by atoms with E-state index in [1.54, 1.807) is 19.2 Å². The molecule has 156 valence electrons. The number of Topliss-reactive ketones (excluding diaryl/α,β-unsaturated/α-hetero) is 3. The number of benzene rings is 2. The van der Waals surface area contributed by atoms with Gasteiger partial charge in [-0.2, -0.15) is 0 Å². The Hall–Kier alpha value is -3.13. The van der Waals surface area contributed by atoms with E-state index in [2.05, 4.69) is 5.32 Å². The summed E-state index contributed by atoms with van der Waals surface area (Å²) in [7, 11) is -1.80. The Morgan fingerprint density at radius 3 is 2.37 bits per heavy atom. The molecule has 0 amide bonds. The first kappa shape index (κ1) is 21.6. The quantitative estimate of drug-likeness (QED) is 0.536. The smallest absolute Gasteiger partial charge is 0.177 e. The van der Waals surface area contributed by atoms with Gasteiger partial charge < -0.3 is 5.32 Å². The van der Waals surface area contributed by atoms with Crippen LogP contribution >= 0.6 is 0 Å². The first-order valence-electron chi connectivity index (χ1n) is 9.15. The van der Waals surface area contributed by atoms with Crippen LogP contribution in [0.3, 0.4) is 0 Å². The Morgan fingerprint density at radius 2 is 1.77 bits per heavy atom. The first-order valence-corrected chi connectivity index (χ1v) is 11.2. The summed E-state index contributed by atoms with van der Waals surface area (Å²) in [5, 5.41) is 2.86. The zero-order chi connectivity index (χ0) is 22.1. The number of carbonyl (C=O) groups excluding carboxylic acids is 3. The van der Waals surface area contributed by atoms with Crippen LogP contribution in [0.25, 0.3) is 6.08 Å². The number of fused-ring (bicyclic) bond motifs is 1. The standard InChI is InChI=1S/C22H20FNO5S/c1-24-19-10-16(23)8-15-9-18(21(26)11-17(15)19)20(25)7-13-3-5-14(6-4-13)22(27)12-30(2,28)29/h3-6,8-10,24H,7,11-12H2,1-2H3. The highest BCUT2D eigenvalue weighted by molar-refractivity contribution is 7.91. The van der Waals surface area contributed by atoms with Crippen LogP contribution in [-0.4, -0.2) is 44.8 Å². The summed E-state index contributed by atoms with van der Waals surface area (Å²) in [5.41, 5.74) is 2.46. The van der Waals surface area contributed by atoms with Crippen LogP contribution < -0.4 is 5.32 Å². The average molecular weight is 429 g/mol. The van der Waals surface area contributed by atoms with Crippen LogP contribution in [0.2, 0.25) is 0 Å². The van der Waals surface area contributed by atoms with E-state index in [1.165, 1.54) is 30.3 Å². The van der Waals surface area contributed by atoms with Crippen LogP contribution in [0, 0.1) is 5.82 Å². The summed E-state index contributed by atoms with van der Waals surface area (Å²) in [6.07, 6.45) is 2.33. The van der Waals surface area contributed by atoms with Crippen molar-refractivity contribution in [2.75, 3.05) is 24.4 Å². The number of hydrogen-bond acceptors (Lipinski definition) is 6. The predicted molar refractivity (Wildman–Crippen MR) is 112 cm³/mol. The fourth-order valence-electron chi connectivity index (χ4n) is 3.35. The van der Waals surface area contributed by atoms with Crippen molar-refractivity contribution < 1.29 is 27.2 Å². The molecule has 1 N–H and O–H groups in total. The van der Waals surface area contributed by atoms with Crippen LogP contribution in [0.4, 0.5) is 10.1 Å². The zero-order valence-electron chi connectivity index (χ0n) is 16.5. The van der Waals surface area contributed by atoms with Crippen LogP contribution in [-0.2, 0) is 32.3 Å². The molecule has 8 heteroatoms. The van der Waals surface area contributed by atoms with Crippen molar-refractivity contribution in [1.82, 2.24) is 0 Å². The highest BCUT2D eigenvalue weighted by Gasteiger charge is 2.26. The molecule has 2 aromatic carbocycles. The Morgan fingerprint density at radius 1 is 1.10 bits per heavy atom. The van der Waals surface area contributed by atoms with Gasteiger partial charge in [0.25, 0.3) is 0 Å². The van der Waals surface area contributed by atoms with E-state index in [0.29, 0.717) is 22.4 Å². The van der Waals surface area contributed by atoms with Crippen LogP contribution in [0.15, 0.2) is 42.0 Å². The maximum absolute atomic E-state index is 13.8. The van der Waals surface area contributed by atoms with Crippen molar-refractivity contribution >= 4 is 39.0 Å². The van der Waals surface area contributed by atoms with Crippen molar-refractivity contribution in [3.8, 4) is 0 Å². The molecule has 3 rings (SSSR count). The molecule has 30 heavy (non-hydrogen) atoms. The second-order valence-electron chi connectivity index (χ2n) is 7.22. The van der Waals surface area contributed by atoms with Crippen LogP contribution in [0.1, 0.15) is 27.0 Å². The number of hydrogen-bond donors (Lipinski definition) is 1. The van der Waals surface area contributed by atoms with Gasteiger partial charge in [-0.25, -0.2) is 12.8 Å². The molecule has 6 nitrogen and oxygen atoms in total. The number of sulfone groups is 1. The van der Waals surface area contributed by atoms with Gasteiger partial charge in [-0.15, -0.1) is 0 Å². The molecule has 0 saturated carbocycles. The normalized spacial score (nSPS) is 13.4. The molecule has 0 radical (unpaired) electrons. The van der Waals surface area contributed by atoms with Crippen molar-refractivity contribution in [3.63, 3.8) is 0 Å². The SMILES string of the molecule is CNc1cc(F)cc2c1CC(=O)C(C(=O)Cc1ccc(C(=O)CS(C)(=O)=O)cc1)=C2. The number of carbonyl (C=O) groups is 3. The molecule has 0 spiro atoms. The van der Waals surface area contributed by atoms with Gasteiger partial charge in [-0.1, -0.05) is 24.3 Å². The molecule has 1 aliphatic carbocycles. The highest BCUT2D eigenvalue weighted by atomic mass is 32.2. The summed E-state index contributed by atoms with van der Waals surface area (Å²) < 4.78 is 36.3. The van der Waals surface area contributed by atoms with E-state index in [1.807, 2.05) is 0 Å². The van der Waals surface area contributed by atoms with E-state index in [-0.39, 0.29) is 29.8 Å². The summed E-state index contributed by atoms with van der Waals surface area (Å²) >= 11 is 0. The Kier molecular flexibility index (Phi) is 5.98. The lowest BCUT2D eigenvalue weighted by atomic mass is 9.86. The fraction of sp³-hybridized carbons (Fsp3) is 0.227. The maximum Gasteiger partial charge on any atom is 0.177 e. The topological polar surface area (TPSA) is 97.4 Å². The second kappa shape index (κ2) is 8.31. The molecular weight excluding hydrogens is 409 g/mol. The summed E-state index contributed by atoms with van der Waals surface area (Å²) in [5.74, 6) is -2.33. The molecule has 1 aliphatic rings. The third-order valence-corrected chi connectivity index (χ3v) is 5.58. The fourth-order valence-corrected chi connectivity index (χ4v) is 3.99. The van der Waals surface area contributed by atoms with Gasteiger partial charge in [0.05, 0.1) is 5.57 Å². The van der Waals surface area contributed by atoms with E-state index in [0.717, 1.165) is 6.26 Å². The van der Waals surface area contributed by atoms with Crippen molar-refractivity contribution in [3.05, 3.63) is 70.0 Å². The largest absolute Gasteiger partial charge is 0.388 e. The minimum atomic E-state index is -3.43. The minimum Gasteiger partial charge on any atom is -0.388 e. The van der Waals surface area contributed by atoms with Crippen molar-refractivity contribution in [2.45, 2.75) is 12.8 Å². The van der Waals surface area contributed by atoms with E-state index >= 15 is 0 Å². The minimum absolute atomic E-state index is 0.00227. The first-order chi connectivity index (χ1) is 14.1. The van der Waals surface area contributed by atoms with E-state index in [9.17, 15) is 27.2 Å². The lowest BCUT2D eigenvalue weighted by molar-refractivity contribution is -0.120. The van der Waals surface area contributed by atoms with E-state index in [4.69, 9.17) is 0 Å².